The van der Waals surface area contributed by atoms with Gasteiger partial charge in [0.1, 0.15) is 29.3 Å². The van der Waals surface area contributed by atoms with Gasteiger partial charge in [-0.3, -0.25) is 4.79 Å². The number of benzene rings is 1. The first kappa shape index (κ1) is 16.4. The number of fused-ring (bicyclic) bond motifs is 1. The SMILES string of the molecule is [N-]=[N+]=NOC(=O)c1cc(C=O)c2c(c1C(=O)ON=[N+]=[N-])OCCO2. The Balaban J connectivity index is 2.68. The van der Waals surface area contributed by atoms with E-state index in [0.29, 0.717) is 6.29 Å². The smallest absolute Gasteiger partial charge is 0.354 e. The molecule has 13 heteroatoms. The molecule has 0 unspecified atom stereocenters. The minimum absolute atomic E-state index is 0.0158. The number of azide groups is 2. The van der Waals surface area contributed by atoms with Gasteiger partial charge >= 0.3 is 11.9 Å². The molecule has 0 saturated heterocycles. The number of hydrogen-bond donors (Lipinski definition) is 0. The van der Waals surface area contributed by atoms with Gasteiger partial charge in [-0.1, -0.05) is 0 Å². The van der Waals surface area contributed by atoms with Gasteiger partial charge in [0.25, 0.3) is 0 Å². The number of ether oxygens (including phenoxy) is 2. The molecule has 0 atom stereocenters. The Hall–Kier alpha value is -3.95. The maximum Gasteiger partial charge on any atom is 0.354 e. The third kappa shape index (κ3) is 3.11. The van der Waals surface area contributed by atoms with Crippen molar-refractivity contribution in [2.24, 2.45) is 10.6 Å². The zero-order valence-corrected chi connectivity index (χ0v) is 11.6. The molecule has 0 N–H and O–H groups in total. The molecule has 1 aliphatic heterocycles. The molecular formula is C11H6N6O7. The Morgan fingerprint density at radius 2 is 1.67 bits per heavy atom. The Kier molecular flexibility index (Phi) is 5.03. The van der Waals surface area contributed by atoms with E-state index in [1.807, 2.05) is 0 Å². The largest absolute Gasteiger partial charge is 0.485 e. The lowest BCUT2D eigenvalue weighted by Crippen LogP contribution is -2.22. The number of rotatable bonds is 5. The van der Waals surface area contributed by atoms with Crippen molar-refractivity contribution in [1.82, 2.24) is 0 Å². The molecule has 0 saturated carbocycles. The fourth-order valence-electron chi connectivity index (χ4n) is 1.89. The van der Waals surface area contributed by atoms with Crippen molar-refractivity contribution >= 4 is 18.2 Å². The second-order valence-electron chi connectivity index (χ2n) is 3.96. The molecule has 0 bridgehead atoms. The van der Waals surface area contributed by atoms with Crippen LogP contribution in [-0.2, 0) is 9.68 Å². The van der Waals surface area contributed by atoms with Crippen LogP contribution < -0.4 is 9.47 Å². The molecule has 1 heterocycles. The molecule has 0 radical (unpaired) electrons. The number of carbonyl (C=O) groups excluding carboxylic acids is 3. The van der Waals surface area contributed by atoms with E-state index in [9.17, 15) is 14.4 Å². The molecule has 0 amide bonds. The zero-order valence-electron chi connectivity index (χ0n) is 11.6. The molecular weight excluding hydrogens is 328 g/mol. The van der Waals surface area contributed by atoms with Gasteiger partial charge < -0.3 is 19.1 Å². The van der Waals surface area contributed by atoms with E-state index in [1.165, 1.54) is 0 Å². The predicted octanol–water partition coefficient (Wildman–Crippen LogP) is 2.03. The fraction of sp³-hybridized carbons (Fsp3) is 0.182. The first-order valence-electron chi connectivity index (χ1n) is 6.07. The summed E-state index contributed by atoms with van der Waals surface area (Å²) in [6.45, 7) is 0.114. The van der Waals surface area contributed by atoms with Gasteiger partial charge in [0.2, 0.25) is 0 Å². The van der Waals surface area contributed by atoms with Gasteiger partial charge in [-0.25, -0.2) is 9.59 Å². The van der Waals surface area contributed by atoms with Crippen LogP contribution in [0.5, 0.6) is 11.5 Å². The quantitative estimate of drug-likeness (QED) is 0.259. The van der Waals surface area contributed by atoms with Gasteiger partial charge in [-0.2, -0.15) is 0 Å². The second-order valence-corrected chi connectivity index (χ2v) is 3.96. The second kappa shape index (κ2) is 7.35. The van der Waals surface area contributed by atoms with Crippen molar-refractivity contribution in [1.29, 1.82) is 0 Å². The lowest BCUT2D eigenvalue weighted by atomic mass is 10.0. The molecule has 0 aromatic heterocycles. The van der Waals surface area contributed by atoms with Gasteiger partial charge in [-0.05, 0) is 17.1 Å². The van der Waals surface area contributed by atoms with E-state index < -0.39 is 23.1 Å². The van der Waals surface area contributed by atoms with Crippen LogP contribution in [0.4, 0.5) is 0 Å². The lowest BCUT2D eigenvalue weighted by Gasteiger charge is -2.22. The molecule has 0 aliphatic carbocycles. The van der Waals surface area contributed by atoms with Crippen LogP contribution in [0.1, 0.15) is 31.1 Å². The van der Waals surface area contributed by atoms with E-state index in [2.05, 4.69) is 30.1 Å². The van der Waals surface area contributed by atoms with E-state index in [1.54, 1.807) is 0 Å². The van der Waals surface area contributed by atoms with Crippen LogP contribution in [-0.4, -0.2) is 31.4 Å². The van der Waals surface area contributed by atoms with Crippen molar-refractivity contribution in [3.05, 3.63) is 43.6 Å². The number of carbonyl (C=O) groups is 3. The highest BCUT2D eigenvalue weighted by atomic mass is 16.7. The van der Waals surface area contributed by atoms with Crippen LogP contribution in [0.2, 0.25) is 0 Å². The van der Waals surface area contributed by atoms with Crippen LogP contribution in [0.15, 0.2) is 16.6 Å². The Morgan fingerprint density at radius 3 is 2.25 bits per heavy atom. The number of hydrogen-bond acceptors (Lipinski definition) is 9. The number of aldehydes is 1. The molecule has 122 valence electrons. The van der Waals surface area contributed by atoms with Gasteiger partial charge in [-0.15, -0.1) is 0 Å². The first-order valence-corrected chi connectivity index (χ1v) is 6.07. The third-order valence-electron chi connectivity index (χ3n) is 2.71. The summed E-state index contributed by atoms with van der Waals surface area (Å²) in [4.78, 5) is 48.1. The van der Waals surface area contributed by atoms with Gasteiger partial charge in [0, 0.05) is 9.82 Å². The molecule has 1 aliphatic rings. The van der Waals surface area contributed by atoms with Crippen LogP contribution in [0.25, 0.3) is 20.9 Å². The van der Waals surface area contributed by atoms with Crippen molar-refractivity contribution in [3.63, 3.8) is 0 Å². The summed E-state index contributed by atoms with van der Waals surface area (Å²) in [7, 11) is 0. The molecule has 13 nitrogen and oxygen atoms in total. The third-order valence-corrected chi connectivity index (χ3v) is 2.71. The summed E-state index contributed by atoms with van der Waals surface area (Å²) in [6, 6.07) is 0.961. The monoisotopic (exact) mass is 334 g/mol. The molecule has 0 spiro atoms. The van der Waals surface area contributed by atoms with Gasteiger partial charge in [0.15, 0.2) is 17.8 Å². The maximum atomic E-state index is 12.1. The van der Waals surface area contributed by atoms with E-state index in [-0.39, 0.29) is 30.3 Å². The summed E-state index contributed by atoms with van der Waals surface area (Å²) in [5.74, 6) is -2.89. The lowest BCUT2D eigenvalue weighted by molar-refractivity contribution is 0.0450. The van der Waals surface area contributed by atoms with E-state index in [0.717, 1.165) is 6.07 Å². The highest BCUT2D eigenvalue weighted by Crippen LogP contribution is 2.39. The standard InChI is InChI=1S/C11H6N6O7/c12-14-16-23-10(19)6-3-5(4-18)8-9(22-2-1-21-8)7(6)11(20)24-17-15-13/h3-4H,1-2H2. The Labute approximate surface area is 131 Å². The van der Waals surface area contributed by atoms with Crippen molar-refractivity contribution in [2.75, 3.05) is 13.2 Å². The van der Waals surface area contributed by atoms with Crippen LogP contribution in [0.3, 0.4) is 0 Å². The van der Waals surface area contributed by atoms with Crippen LogP contribution >= 0.6 is 0 Å². The normalized spacial score (nSPS) is 11.3. The minimum Gasteiger partial charge on any atom is -0.485 e. The highest BCUT2D eigenvalue weighted by molar-refractivity contribution is 6.07. The summed E-state index contributed by atoms with van der Waals surface area (Å²) < 4.78 is 10.5. The first-order chi connectivity index (χ1) is 11.6. The zero-order chi connectivity index (χ0) is 17.5. The molecule has 0 fully saturated rings. The Bertz CT molecular complexity index is 810. The van der Waals surface area contributed by atoms with Crippen molar-refractivity contribution in [2.45, 2.75) is 0 Å². The highest BCUT2D eigenvalue weighted by Gasteiger charge is 2.32. The van der Waals surface area contributed by atoms with E-state index >= 15 is 0 Å². The average Bonchev–Trinajstić information content (AvgIpc) is 2.62. The molecule has 1 aromatic carbocycles. The Morgan fingerprint density at radius 1 is 1.08 bits per heavy atom. The molecule has 24 heavy (non-hydrogen) atoms. The molecule has 2 rings (SSSR count). The average molecular weight is 334 g/mol. The minimum atomic E-state index is -1.26. The summed E-state index contributed by atoms with van der Waals surface area (Å²) in [6.07, 6.45) is 0.362. The maximum absolute atomic E-state index is 12.1. The summed E-state index contributed by atoms with van der Waals surface area (Å²) >= 11 is 0. The van der Waals surface area contributed by atoms with Crippen molar-refractivity contribution < 1.29 is 33.5 Å². The summed E-state index contributed by atoms with van der Waals surface area (Å²) in [5.41, 5.74) is 15.3. The van der Waals surface area contributed by atoms with E-state index in [4.69, 9.17) is 20.5 Å². The van der Waals surface area contributed by atoms with Gasteiger partial charge in [0.05, 0.1) is 11.1 Å². The van der Waals surface area contributed by atoms with Crippen molar-refractivity contribution in [3.8, 4) is 11.5 Å². The fourth-order valence-corrected chi connectivity index (χ4v) is 1.89. The molecule has 1 aromatic rings. The summed E-state index contributed by atoms with van der Waals surface area (Å²) in [5, 5.41) is 5.25. The topological polar surface area (TPSA) is 186 Å². The number of nitrogens with zero attached hydrogens (tertiary/aromatic N) is 6. The predicted molar refractivity (Wildman–Crippen MR) is 71.9 cm³/mol. The van der Waals surface area contributed by atoms with Crippen LogP contribution in [0, 0.1) is 0 Å².